The standard InChI is InChI=1S/C16H16F2N2O5S/c1-20(2)11-4-3-5-12(9-11)26(23,24)19-10-6-7-14(25-16(17)18)13(8-10)15(21)22/h3-9,16,19H,1-2H3,(H,21,22). The van der Waals surface area contributed by atoms with E-state index in [4.69, 9.17) is 5.11 Å². The topological polar surface area (TPSA) is 95.9 Å². The average molecular weight is 386 g/mol. The molecule has 0 spiro atoms. The van der Waals surface area contributed by atoms with E-state index in [9.17, 15) is 22.0 Å². The van der Waals surface area contributed by atoms with Crippen molar-refractivity contribution in [1.29, 1.82) is 0 Å². The molecule has 0 heterocycles. The van der Waals surface area contributed by atoms with E-state index in [0.717, 1.165) is 18.2 Å². The molecule has 0 saturated carbocycles. The second-order valence-electron chi connectivity index (χ2n) is 5.39. The van der Waals surface area contributed by atoms with Crippen molar-refractivity contribution >= 4 is 27.4 Å². The fourth-order valence-corrected chi connectivity index (χ4v) is 3.19. The minimum atomic E-state index is -4.01. The van der Waals surface area contributed by atoms with Crippen molar-refractivity contribution < 1.29 is 31.8 Å². The predicted octanol–water partition coefficient (Wildman–Crippen LogP) is 2.85. The lowest BCUT2D eigenvalue weighted by Gasteiger charge is -2.15. The van der Waals surface area contributed by atoms with Gasteiger partial charge in [0.05, 0.1) is 4.90 Å². The number of benzene rings is 2. The molecule has 10 heteroatoms. The van der Waals surface area contributed by atoms with Gasteiger partial charge in [-0.15, -0.1) is 0 Å². The third kappa shape index (κ3) is 4.60. The van der Waals surface area contributed by atoms with Crippen LogP contribution in [0.3, 0.4) is 0 Å². The number of alkyl halides is 2. The van der Waals surface area contributed by atoms with Crippen LogP contribution in [0.4, 0.5) is 20.2 Å². The van der Waals surface area contributed by atoms with Crippen LogP contribution in [-0.4, -0.2) is 40.2 Å². The zero-order chi connectivity index (χ0) is 19.5. The summed E-state index contributed by atoms with van der Waals surface area (Å²) in [5, 5.41) is 9.11. The maximum atomic E-state index is 12.5. The van der Waals surface area contributed by atoms with Gasteiger partial charge in [0.2, 0.25) is 0 Å². The summed E-state index contributed by atoms with van der Waals surface area (Å²) >= 11 is 0. The van der Waals surface area contributed by atoms with Crippen LogP contribution in [-0.2, 0) is 10.0 Å². The number of nitrogens with zero attached hydrogens (tertiary/aromatic N) is 1. The van der Waals surface area contributed by atoms with Crippen LogP contribution in [0.5, 0.6) is 5.75 Å². The first-order chi connectivity index (χ1) is 12.1. The number of ether oxygens (including phenoxy) is 1. The van der Waals surface area contributed by atoms with Crippen LogP contribution in [0.15, 0.2) is 47.4 Å². The van der Waals surface area contributed by atoms with E-state index in [2.05, 4.69) is 9.46 Å². The Balaban J connectivity index is 2.36. The third-order valence-electron chi connectivity index (χ3n) is 3.32. The quantitative estimate of drug-likeness (QED) is 0.760. The molecule has 2 aromatic rings. The van der Waals surface area contributed by atoms with Crippen molar-refractivity contribution in [3.63, 3.8) is 0 Å². The summed E-state index contributed by atoms with van der Waals surface area (Å²) in [6.45, 7) is -3.20. The molecule has 2 rings (SSSR count). The summed E-state index contributed by atoms with van der Waals surface area (Å²) in [4.78, 5) is 12.9. The van der Waals surface area contributed by atoms with Crippen molar-refractivity contribution in [3.05, 3.63) is 48.0 Å². The van der Waals surface area contributed by atoms with Crippen LogP contribution >= 0.6 is 0 Å². The highest BCUT2D eigenvalue weighted by atomic mass is 32.2. The van der Waals surface area contributed by atoms with E-state index in [1.54, 1.807) is 31.1 Å². The molecule has 0 unspecified atom stereocenters. The fraction of sp³-hybridized carbons (Fsp3) is 0.188. The highest BCUT2D eigenvalue weighted by Gasteiger charge is 2.19. The molecule has 0 fully saturated rings. The zero-order valence-electron chi connectivity index (χ0n) is 13.8. The fourth-order valence-electron chi connectivity index (χ4n) is 2.10. The SMILES string of the molecule is CN(C)c1cccc(S(=O)(=O)Nc2ccc(OC(F)F)c(C(=O)O)c2)c1. The number of carbonyl (C=O) groups is 1. The Labute approximate surface area is 148 Å². The highest BCUT2D eigenvalue weighted by Crippen LogP contribution is 2.27. The third-order valence-corrected chi connectivity index (χ3v) is 4.70. The monoisotopic (exact) mass is 386 g/mol. The van der Waals surface area contributed by atoms with Gasteiger partial charge in [0.1, 0.15) is 11.3 Å². The van der Waals surface area contributed by atoms with Crippen LogP contribution in [0.2, 0.25) is 0 Å². The molecule has 2 N–H and O–H groups in total. The lowest BCUT2D eigenvalue weighted by molar-refractivity contribution is -0.0503. The summed E-state index contributed by atoms with van der Waals surface area (Å²) in [5.74, 6) is -2.10. The van der Waals surface area contributed by atoms with Crippen LogP contribution in [0.1, 0.15) is 10.4 Å². The summed E-state index contributed by atoms with van der Waals surface area (Å²) in [6, 6.07) is 9.11. The van der Waals surface area contributed by atoms with Gasteiger partial charge in [0, 0.05) is 25.5 Å². The van der Waals surface area contributed by atoms with Crippen LogP contribution in [0, 0.1) is 0 Å². The van der Waals surface area contributed by atoms with Crippen molar-refractivity contribution in [2.45, 2.75) is 11.5 Å². The number of aromatic carboxylic acids is 1. The number of sulfonamides is 1. The van der Waals surface area contributed by atoms with E-state index < -0.39 is 33.9 Å². The number of rotatable bonds is 7. The van der Waals surface area contributed by atoms with Gasteiger partial charge in [-0.1, -0.05) is 6.07 Å². The maximum Gasteiger partial charge on any atom is 0.387 e. The molecule has 7 nitrogen and oxygen atoms in total. The maximum absolute atomic E-state index is 12.5. The minimum absolute atomic E-state index is 0.0338. The smallest absolute Gasteiger partial charge is 0.387 e. The Morgan fingerprint density at radius 1 is 1.19 bits per heavy atom. The van der Waals surface area contributed by atoms with Gasteiger partial charge in [0.25, 0.3) is 10.0 Å². The van der Waals surface area contributed by atoms with Crippen molar-refractivity contribution in [2.75, 3.05) is 23.7 Å². The molecule has 2 aromatic carbocycles. The van der Waals surface area contributed by atoms with E-state index in [1.165, 1.54) is 12.1 Å². The summed E-state index contributed by atoms with van der Waals surface area (Å²) in [7, 11) is -0.506. The molecule has 26 heavy (non-hydrogen) atoms. The van der Waals surface area contributed by atoms with E-state index in [0.29, 0.717) is 5.69 Å². The summed E-state index contributed by atoms with van der Waals surface area (Å²) < 4.78 is 56.0. The number of carboxylic acid groups (broad SMARTS) is 1. The molecule has 0 aromatic heterocycles. The first kappa shape index (κ1) is 19.4. The van der Waals surface area contributed by atoms with Gasteiger partial charge in [-0.2, -0.15) is 8.78 Å². The molecule has 140 valence electrons. The molecule has 0 aliphatic carbocycles. The highest BCUT2D eigenvalue weighted by molar-refractivity contribution is 7.92. The Hall–Kier alpha value is -2.88. The first-order valence-corrected chi connectivity index (χ1v) is 8.71. The molecular weight excluding hydrogens is 370 g/mol. The van der Waals surface area contributed by atoms with Gasteiger partial charge in [-0.05, 0) is 36.4 Å². The number of nitrogens with one attached hydrogen (secondary N) is 1. The Morgan fingerprint density at radius 2 is 1.88 bits per heavy atom. The lowest BCUT2D eigenvalue weighted by atomic mass is 10.2. The number of hydrogen-bond donors (Lipinski definition) is 2. The van der Waals surface area contributed by atoms with Gasteiger partial charge >= 0.3 is 12.6 Å². The van der Waals surface area contributed by atoms with Crippen molar-refractivity contribution in [2.24, 2.45) is 0 Å². The van der Waals surface area contributed by atoms with Gasteiger partial charge in [0.15, 0.2) is 0 Å². The molecule has 0 atom stereocenters. The van der Waals surface area contributed by atoms with E-state index in [1.807, 2.05) is 0 Å². The molecule has 0 aliphatic heterocycles. The largest absolute Gasteiger partial charge is 0.478 e. The second kappa shape index (κ2) is 7.56. The van der Waals surface area contributed by atoms with Crippen LogP contribution in [0.25, 0.3) is 0 Å². The normalized spacial score (nSPS) is 11.3. The van der Waals surface area contributed by atoms with Crippen molar-refractivity contribution in [3.8, 4) is 5.75 Å². The molecule has 0 saturated heterocycles. The summed E-state index contributed by atoms with van der Waals surface area (Å²) in [6.07, 6.45) is 0. The van der Waals surface area contributed by atoms with Gasteiger partial charge in [-0.3, -0.25) is 4.72 Å². The number of anilines is 2. The number of halogens is 2. The van der Waals surface area contributed by atoms with Gasteiger partial charge < -0.3 is 14.7 Å². The predicted molar refractivity (Wildman–Crippen MR) is 91.6 cm³/mol. The lowest BCUT2D eigenvalue weighted by Crippen LogP contribution is -2.15. The summed E-state index contributed by atoms with van der Waals surface area (Å²) in [5.41, 5.74) is -0.0356. The molecule has 0 aliphatic rings. The zero-order valence-corrected chi connectivity index (χ0v) is 14.6. The van der Waals surface area contributed by atoms with E-state index in [-0.39, 0.29) is 10.6 Å². The molecule has 0 bridgehead atoms. The Kier molecular flexibility index (Phi) is 5.66. The Morgan fingerprint density at radius 3 is 2.46 bits per heavy atom. The van der Waals surface area contributed by atoms with Gasteiger partial charge in [-0.25, -0.2) is 13.2 Å². The van der Waals surface area contributed by atoms with E-state index >= 15 is 0 Å². The first-order valence-electron chi connectivity index (χ1n) is 7.22. The number of hydrogen-bond acceptors (Lipinski definition) is 5. The minimum Gasteiger partial charge on any atom is -0.478 e. The molecule has 0 amide bonds. The van der Waals surface area contributed by atoms with Crippen molar-refractivity contribution in [1.82, 2.24) is 0 Å². The molecular formula is C16H16F2N2O5S. The average Bonchev–Trinajstić information content (AvgIpc) is 2.55. The number of carboxylic acids is 1. The molecule has 0 radical (unpaired) electrons. The van der Waals surface area contributed by atoms with Crippen LogP contribution < -0.4 is 14.4 Å². The Bertz CT molecular complexity index is 917. The second-order valence-corrected chi connectivity index (χ2v) is 7.07.